The number of ether oxygens (including phenoxy) is 1. The van der Waals surface area contributed by atoms with Crippen LogP contribution in [0.25, 0.3) is 10.8 Å². The number of hydrogen-bond donors (Lipinski definition) is 1. The van der Waals surface area contributed by atoms with Gasteiger partial charge in [-0.05, 0) is 52.3 Å². The molecule has 2 aliphatic heterocycles. The van der Waals surface area contributed by atoms with Crippen LogP contribution in [0.15, 0.2) is 23.0 Å². The maximum Gasteiger partial charge on any atom is 0.307 e. The number of imide groups is 1. The number of nitrogens with zero attached hydrogens (tertiary/aromatic N) is 4. The van der Waals surface area contributed by atoms with E-state index in [4.69, 9.17) is 4.74 Å². The second kappa shape index (κ2) is 9.77. The normalized spacial score (nSPS) is 19.7. The summed E-state index contributed by atoms with van der Waals surface area (Å²) in [7, 11) is 0. The molecule has 0 bridgehead atoms. The lowest BCUT2D eigenvalue weighted by Gasteiger charge is -2.36. The molecular formula is C25H33N5O5. The third kappa shape index (κ3) is 5.70. The largest absolute Gasteiger partial charge is 0.460 e. The molecule has 1 aromatic carbocycles. The van der Waals surface area contributed by atoms with Gasteiger partial charge in [-0.1, -0.05) is 0 Å². The fraction of sp³-hybridized carbons (Fsp3) is 0.560. The molecule has 0 spiro atoms. The zero-order valence-electron chi connectivity index (χ0n) is 20.8. The molecule has 1 aromatic heterocycles. The number of carbonyl (C=O) groups excluding carboxylic acids is 3. The first-order valence-corrected chi connectivity index (χ1v) is 12.1. The first-order valence-electron chi connectivity index (χ1n) is 12.1. The number of piperidine rings is 1. The van der Waals surface area contributed by atoms with E-state index in [0.717, 1.165) is 37.3 Å². The Kier molecular flexibility index (Phi) is 6.93. The number of rotatable bonds is 5. The van der Waals surface area contributed by atoms with E-state index in [1.54, 1.807) is 6.07 Å². The number of hydrogen-bond acceptors (Lipinski definition) is 8. The highest BCUT2D eigenvalue weighted by atomic mass is 16.6. The van der Waals surface area contributed by atoms with E-state index in [1.807, 2.05) is 39.8 Å². The molecule has 2 fully saturated rings. The Morgan fingerprint density at radius 2 is 1.83 bits per heavy atom. The predicted molar refractivity (Wildman–Crippen MR) is 131 cm³/mol. The predicted octanol–water partition coefficient (Wildman–Crippen LogP) is 1.54. The second-order valence-electron chi connectivity index (χ2n) is 10.2. The van der Waals surface area contributed by atoms with E-state index in [9.17, 15) is 19.2 Å². The minimum absolute atomic E-state index is 0.180. The number of aryl methyl sites for hydroxylation is 1. The van der Waals surface area contributed by atoms with Crippen molar-refractivity contribution in [3.8, 4) is 0 Å². The highest BCUT2D eigenvalue weighted by Gasteiger charge is 2.30. The number of nitrogens with one attached hydrogen (secondary N) is 1. The molecule has 3 heterocycles. The van der Waals surface area contributed by atoms with Gasteiger partial charge in [0.25, 0.3) is 11.5 Å². The van der Waals surface area contributed by atoms with Crippen molar-refractivity contribution >= 4 is 34.2 Å². The molecule has 1 N–H and O–H groups in total. The summed E-state index contributed by atoms with van der Waals surface area (Å²) in [6.45, 7) is 11.4. The van der Waals surface area contributed by atoms with Crippen LogP contribution in [0.1, 0.15) is 51.8 Å². The van der Waals surface area contributed by atoms with Crippen LogP contribution in [-0.2, 0) is 19.1 Å². The van der Waals surface area contributed by atoms with Gasteiger partial charge in [-0.15, -0.1) is 0 Å². The fourth-order valence-corrected chi connectivity index (χ4v) is 4.60. The molecule has 2 saturated heterocycles. The maximum atomic E-state index is 13.1. The Labute approximate surface area is 204 Å². The summed E-state index contributed by atoms with van der Waals surface area (Å²) in [6.07, 6.45) is 0.820. The molecule has 0 saturated carbocycles. The summed E-state index contributed by atoms with van der Waals surface area (Å²) < 4.78 is 6.60. The van der Waals surface area contributed by atoms with E-state index in [0.29, 0.717) is 24.0 Å². The van der Waals surface area contributed by atoms with Crippen molar-refractivity contribution in [2.24, 2.45) is 0 Å². The summed E-state index contributed by atoms with van der Waals surface area (Å²) in [5.41, 5.74) is 0.859. The molecule has 2 aliphatic rings. The zero-order valence-corrected chi connectivity index (χ0v) is 20.8. The van der Waals surface area contributed by atoms with Gasteiger partial charge in [0.1, 0.15) is 11.6 Å². The number of piperazine rings is 1. The quantitative estimate of drug-likeness (QED) is 0.503. The first-order chi connectivity index (χ1) is 16.5. The Bertz CT molecular complexity index is 1210. The van der Waals surface area contributed by atoms with Gasteiger partial charge < -0.3 is 9.64 Å². The standard InChI is InChI=1S/C25H33N5O5/c1-16-19-15-17(29-13-11-28(12-14-29)10-9-22(32)35-25(2,3)4)5-6-18(19)24(34)30(27-16)20-7-8-21(31)26-23(20)33/h5-6,15,20H,7-14H2,1-4H3,(H,26,31,33). The average Bonchev–Trinajstić information content (AvgIpc) is 2.79. The summed E-state index contributed by atoms with van der Waals surface area (Å²) in [5, 5.41) is 7.97. The molecule has 35 heavy (non-hydrogen) atoms. The van der Waals surface area contributed by atoms with Crippen LogP contribution in [0.4, 0.5) is 5.69 Å². The fourth-order valence-electron chi connectivity index (χ4n) is 4.60. The van der Waals surface area contributed by atoms with Gasteiger partial charge >= 0.3 is 5.97 Å². The summed E-state index contributed by atoms with van der Waals surface area (Å²) in [6, 6.07) is 4.91. The number of esters is 1. The Hall–Kier alpha value is -3.27. The molecule has 0 radical (unpaired) electrons. The second-order valence-corrected chi connectivity index (χ2v) is 10.2. The van der Waals surface area contributed by atoms with Gasteiger partial charge in [0.15, 0.2) is 0 Å². The van der Waals surface area contributed by atoms with Crippen LogP contribution in [-0.4, -0.2) is 70.8 Å². The van der Waals surface area contributed by atoms with Crippen molar-refractivity contribution in [1.29, 1.82) is 0 Å². The monoisotopic (exact) mass is 483 g/mol. The SMILES string of the molecule is Cc1nn(C2CCC(=O)NC2=O)c(=O)c2ccc(N3CCN(CCC(=O)OC(C)(C)C)CC3)cc12. The van der Waals surface area contributed by atoms with Gasteiger partial charge in [0.2, 0.25) is 5.91 Å². The van der Waals surface area contributed by atoms with Gasteiger partial charge in [-0.2, -0.15) is 5.10 Å². The van der Waals surface area contributed by atoms with Crippen LogP contribution >= 0.6 is 0 Å². The van der Waals surface area contributed by atoms with Crippen molar-refractivity contribution in [2.45, 2.75) is 58.6 Å². The minimum atomic E-state index is -0.781. The Morgan fingerprint density at radius 3 is 2.49 bits per heavy atom. The molecule has 1 atom stereocenters. The summed E-state index contributed by atoms with van der Waals surface area (Å²) in [5.74, 6) is -0.998. The molecule has 0 aliphatic carbocycles. The number of anilines is 1. The van der Waals surface area contributed by atoms with E-state index in [2.05, 4.69) is 20.2 Å². The highest BCUT2D eigenvalue weighted by Crippen LogP contribution is 2.25. The van der Waals surface area contributed by atoms with Gasteiger partial charge in [-0.25, -0.2) is 4.68 Å². The number of benzene rings is 1. The van der Waals surface area contributed by atoms with E-state index < -0.39 is 17.6 Å². The van der Waals surface area contributed by atoms with Crippen molar-refractivity contribution in [3.05, 3.63) is 34.2 Å². The van der Waals surface area contributed by atoms with Gasteiger partial charge in [0, 0.05) is 50.2 Å². The maximum absolute atomic E-state index is 13.1. The minimum Gasteiger partial charge on any atom is -0.460 e. The molecule has 2 amide bonds. The Morgan fingerprint density at radius 1 is 1.11 bits per heavy atom. The molecule has 188 valence electrons. The zero-order chi connectivity index (χ0) is 25.3. The smallest absolute Gasteiger partial charge is 0.307 e. The molecule has 4 rings (SSSR count). The van der Waals surface area contributed by atoms with Crippen LogP contribution in [0.2, 0.25) is 0 Å². The number of fused-ring (bicyclic) bond motifs is 1. The van der Waals surface area contributed by atoms with Crippen LogP contribution in [0.5, 0.6) is 0 Å². The molecular weight excluding hydrogens is 450 g/mol. The first kappa shape index (κ1) is 24.8. The van der Waals surface area contributed by atoms with Crippen LogP contribution in [0, 0.1) is 6.92 Å². The van der Waals surface area contributed by atoms with E-state index in [-0.39, 0.29) is 30.3 Å². The lowest BCUT2D eigenvalue weighted by molar-refractivity contribution is -0.155. The van der Waals surface area contributed by atoms with Crippen molar-refractivity contribution in [2.75, 3.05) is 37.6 Å². The highest BCUT2D eigenvalue weighted by molar-refractivity contribution is 5.99. The van der Waals surface area contributed by atoms with E-state index in [1.165, 1.54) is 4.68 Å². The average molecular weight is 484 g/mol. The Balaban J connectivity index is 1.44. The molecule has 1 unspecified atom stereocenters. The molecule has 10 heteroatoms. The molecule has 2 aromatic rings. The topological polar surface area (TPSA) is 114 Å². The lowest BCUT2D eigenvalue weighted by Crippen LogP contribution is -2.47. The van der Waals surface area contributed by atoms with E-state index >= 15 is 0 Å². The van der Waals surface area contributed by atoms with Crippen molar-refractivity contribution < 1.29 is 19.1 Å². The number of carbonyl (C=O) groups is 3. The summed E-state index contributed by atoms with van der Waals surface area (Å²) in [4.78, 5) is 53.4. The third-order valence-electron chi connectivity index (χ3n) is 6.38. The lowest BCUT2D eigenvalue weighted by atomic mass is 10.1. The number of amides is 2. The number of aromatic nitrogens is 2. The van der Waals surface area contributed by atoms with Crippen molar-refractivity contribution in [3.63, 3.8) is 0 Å². The van der Waals surface area contributed by atoms with Gasteiger partial charge in [0.05, 0.1) is 17.5 Å². The van der Waals surface area contributed by atoms with Crippen LogP contribution in [0.3, 0.4) is 0 Å². The van der Waals surface area contributed by atoms with Gasteiger partial charge in [-0.3, -0.25) is 29.4 Å². The van der Waals surface area contributed by atoms with Crippen molar-refractivity contribution in [1.82, 2.24) is 20.0 Å². The van der Waals surface area contributed by atoms with Crippen LogP contribution < -0.4 is 15.8 Å². The molecule has 10 nitrogen and oxygen atoms in total. The third-order valence-corrected chi connectivity index (χ3v) is 6.38. The summed E-state index contributed by atoms with van der Waals surface area (Å²) >= 11 is 0.